The third-order valence-electron chi connectivity index (χ3n) is 4.24. The fourth-order valence-corrected chi connectivity index (χ4v) is 2.75. The van der Waals surface area contributed by atoms with Crippen molar-refractivity contribution in [1.82, 2.24) is 9.80 Å². The summed E-state index contributed by atoms with van der Waals surface area (Å²) in [7, 11) is 4.38. The summed E-state index contributed by atoms with van der Waals surface area (Å²) in [5, 5.41) is 0. The maximum atomic E-state index is 5.92. The Bertz CT molecular complexity index is 186. The Hall–Kier alpha value is -0.120. The smallest absolute Gasteiger partial charge is 0.0243 e. The van der Waals surface area contributed by atoms with Gasteiger partial charge in [-0.1, -0.05) is 20.3 Å². The molecule has 0 spiro atoms. The first-order valence-corrected chi connectivity index (χ1v) is 6.70. The molecule has 0 aromatic carbocycles. The zero-order valence-electron chi connectivity index (χ0n) is 11.4. The molecule has 2 atom stereocenters. The SMILES string of the molecule is CCC(C)C(CN)N1CCC(N(C)C)CC1. The van der Waals surface area contributed by atoms with E-state index in [9.17, 15) is 0 Å². The molecule has 1 aliphatic heterocycles. The van der Waals surface area contributed by atoms with Gasteiger partial charge in [0.25, 0.3) is 0 Å². The topological polar surface area (TPSA) is 32.5 Å². The lowest BCUT2D eigenvalue weighted by molar-refractivity contribution is 0.0858. The van der Waals surface area contributed by atoms with Crippen molar-refractivity contribution in [2.24, 2.45) is 11.7 Å². The second-order valence-corrected chi connectivity index (χ2v) is 5.42. The van der Waals surface area contributed by atoms with Crippen LogP contribution in [0.3, 0.4) is 0 Å². The van der Waals surface area contributed by atoms with E-state index in [0.29, 0.717) is 6.04 Å². The molecular formula is C13H29N3. The lowest BCUT2D eigenvalue weighted by atomic mass is 9.94. The summed E-state index contributed by atoms with van der Waals surface area (Å²) in [6.45, 7) is 7.83. The highest BCUT2D eigenvalue weighted by Gasteiger charge is 2.27. The van der Waals surface area contributed by atoms with Gasteiger partial charge in [-0.3, -0.25) is 4.90 Å². The van der Waals surface area contributed by atoms with Crippen LogP contribution < -0.4 is 5.73 Å². The van der Waals surface area contributed by atoms with Crippen molar-refractivity contribution >= 4 is 0 Å². The molecular weight excluding hydrogens is 198 g/mol. The molecule has 0 aliphatic carbocycles. The van der Waals surface area contributed by atoms with E-state index >= 15 is 0 Å². The first-order chi connectivity index (χ1) is 7.60. The molecule has 1 saturated heterocycles. The molecule has 1 aliphatic rings. The minimum Gasteiger partial charge on any atom is -0.329 e. The van der Waals surface area contributed by atoms with Gasteiger partial charge in [-0.2, -0.15) is 0 Å². The van der Waals surface area contributed by atoms with E-state index in [-0.39, 0.29) is 0 Å². The van der Waals surface area contributed by atoms with Gasteiger partial charge >= 0.3 is 0 Å². The number of nitrogens with zero attached hydrogens (tertiary/aromatic N) is 2. The molecule has 0 aromatic heterocycles. The van der Waals surface area contributed by atoms with Crippen LogP contribution in [0.1, 0.15) is 33.1 Å². The van der Waals surface area contributed by atoms with Crippen LogP contribution in [0, 0.1) is 5.92 Å². The maximum absolute atomic E-state index is 5.92. The number of hydrogen-bond donors (Lipinski definition) is 1. The zero-order valence-corrected chi connectivity index (χ0v) is 11.4. The van der Waals surface area contributed by atoms with Crippen molar-refractivity contribution in [2.75, 3.05) is 33.7 Å². The largest absolute Gasteiger partial charge is 0.329 e. The van der Waals surface area contributed by atoms with Crippen molar-refractivity contribution in [2.45, 2.75) is 45.2 Å². The lowest BCUT2D eigenvalue weighted by Gasteiger charge is -2.41. The average Bonchev–Trinajstić information content (AvgIpc) is 2.30. The van der Waals surface area contributed by atoms with Crippen molar-refractivity contribution in [3.05, 3.63) is 0 Å². The van der Waals surface area contributed by atoms with E-state index in [4.69, 9.17) is 5.73 Å². The zero-order chi connectivity index (χ0) is 12.1. The van der Waals surface area contributed by atoms with Crippen LogP contribution in [0.2, 0.25) is 0 Å². The molecule has 3 heteroatoms. The van der Waals surface area contributed by atoms with Crippen molar-refractivity contribution in [3.8, 4) is 0 Å². The Labute approximate surface area is 101 Å². The highest BCUT2D eigenvalue weighted by molar-refractivity contribution is 4.84. The normalized spacial score (nSPS) is 23.6. The average molecular weight is 227 g/mol. The van der Waals surface area contributed by atoms with Gasteiger partial charge in [0.2, 0.25) is 0 Å². The predicted octanol–water partition coefficient (Wildman–Crippen LogP) is 1.39. The number of likely N-dealkylation sites (tertiary alicyclic amines) is 1. The molecule has 2 unspecified atom stereocenters. The lowest BCUT2D eigenvalue weighted by Crippen LogP contribution is -2.51. The monoisotopic (exact) mass is 227 g/mol. The molecule has 3 nitrogen and oxygen atoms in total. The van der Waals surface area contributed by atoms with Gasteiger partial charge in [0, 0.05) is 18.6 Å². The van der Waals surface area contributed by atoms with Crippen molar-refractivity contribution in [3.63, 3.8) is 0 Å². The molecule has 0 radical (unpaired) electrons. The minimum atomic E-state index is 0.591. The highest BCUT2D eigenvalue weighted by atomic mass is 15.2. The predicted molar refractivity (Wildman–Crippen MR) is 70.6 cm³/mol. The van der Waals surface area contributed by atoms with Gasteiger partial charge in [-0.25, -0.2) is 0 Å². The second-order valence-electron chi connectivity index (χ2n) is 5.42. The summed E-state index contributed by atoms with van der Waals surface area (Å²) >= 11 is 0. The van der Waals surface area contributed by atoms with Gasteiger partial charge < -0.3 is 10.6 Å². The Balaban J connectivity index is 2.45. The van der Waals surface area contributed by atoms with E-state index in [2.05, 4.69) is 37.7 Å². The number of rotatable bonds is 5. The van der Waals surface area contributed by atoms with E-state index in [1.54, 1.807) is 0 Å². The summed E-state index contributed by atoms with van der Waals surface area (Å²) in [5.41, 5.74) is 5.92. The van der Waals surface area contributed by atoms with Gasteiger partial charge in [0.15, 0.2) is 0 Å². The highest BCUT2D eigenvalue weighted by Crippen LogP contribution is 2.20. The third kappa shape index (κ3) is 3.44. The van der Waals surface area contributed by atoms with Gasteiger partial charge in [-0.05, 0) is 45.9 Å². The first kappa shape index (κ1) is 13.9. The van der Waals surface area contributed by atoms with Gasteiger partial charge in [0.05, 0.1) is 0 Å². The van der Waals surface area contributed by atoms with Gasteiger partial charge in [-0.15, -0.1) is 0 Å². The molecule has 0 aromatic rings. The van der Waals surface area contributed by atoms with E-state index in [0.717, 1.165) is 18.5 Å². The second kappa shape index (κ2) is 6.58. The molecule has 2 N–H and O–H groups in total. The molecule has 1 rings (SSSR count). The summed E-state index contributed by atoms with van der Waals surface area (Å²) in [6.07, 6.45) is 3.81. The standard InChI is InChI=1S/C13H29N3/c1-5-11(2)13(10-14)16-8-6-12(7-9-16)15(3)4/h11-13H,5-10,14H2,1-4H3. The number of nitrogens with two attached hydrogens (primary N) is 1. The molecule has 0 saturated carbocycles. The van der Waals surface area contributed by atoms with E-state index < -0.39 is 0 Å². The van der Waals surface area contributed by atoms with Crippen LogP contribution in [-0.2, 0) is 0 Å². The Kier molecular flexibility index (Phi) is 5.73. The summed E-state index contributed by atoms with van der Waals surface area (Å²) in [4.78, 5) is 4.96. The fourth-order valence-electron chi connectivity index (χ4n) is 2.75. The number of hydrogen-bond acceptors (Lipinski definition) is 3. The molecule has 16 heavy (non-hydrogen) atoms. The van der Waals surface area contributed by atoms with Crippen molar-refractivity contribution in [1.29, 1.82) is 0 Å². The van der Waals surface area contributed by atoms with Crippen LogP contribution in [0.5, 0.6) is 0 Å². The van der Waals surface area contributed by atoms with Crippen LogP contribution in [0.25, 0.3) is 0 Å². The Morgan fingerprint density at radius 1 is 1.31 bits per heavy atom. The van der Waals surface area contributed by atoms with E-state index in [1.807, 2.05) is 0 Å². The summed E-state index contributed by atoms with van der Waals surface area (Å²) in [5.74, 6) is 0.723. The van der Waals surface area contributed by atoms with Crippen LogP contribution in [0.4, 0.5) is 0 Å². The first-order valence-electron chi connectivity index (χ1n) is 6.70. The van der Waals surface area contributed by atoms with Crippen LogP contribution >= 0.6 is 0 Å². The van der Waals surface area contributed by atoms with Crippen molar-refractivity contribution < 1.29 is 0 Å². The maximum Gasteiger partial charge on any atom is 0.0243 e. The Morgan fingerprint density at radius 2 is 1.88 bits per heavy atom. The molecule has 0 amide bonds. The molecule has 1 heterocycles. The fraction of sp³-hybridized carbons (Fsp3) is 1.00. The quantitative estimate of drug-likeness (QED) is 0.770. The molecule has 0 bridgehead atoms. The van der Waals surface area contributed by atoms with Crippen LogP contribution in [-0.4, -0.2) is 55.6 Å². The summed E-state index contributed by atoms with van der Waals surface area (Å²) < 4.78 is 0. The van der Waals surface area contributed by atoms with Gasteiger partial charge in [0.1, 0.15) is 0 Å². The minimum absolute atomic E-state index is 0.591. The Morgan fingerprint density at radius 3 is 2.25 bits per heavy atom. The summed E-state index contributed by atoms with van der Waals surface area (Å²) in [6, 6.07) is 1.36. The molecule has 1 fully saturated rings. The molecule has 96 valence electrons. The van der Waals surface area contributed by atoms with Crippen LogP contribution in [0.15, 0.2) is 0 Å². The number of piperidine rings is 1. The van der Waals surface area contributed by atoms with E-state index in [1.165, 1.54) is 32.4 Å². The third-order valence-corrected chi connectivity index (χ3v) is 4.24.